The van der Waals surface area contributed by atoms with E-state index in [0.29, 0.717) is 31.0 Å². The lowest BCUT2D eigenvalue weighted by atomic mass is 10.1. The van der Waals surface area contributed by atoms with E-state index in [2.05, 4.69) is 20.7 Å². The molecule has 0 bridgehead atoms. The molecule has 0 aliphatic carbocycles. The Balaban J connectivity index is 1.73. The molecule has 0 saturated carbocycles. The van der Waals surface area contributed by atoms with Crippen LogP contribution in [0.4, 0.5) is 8.78 Å². The highest BCUT2D eigenvalue weighted by molar-refractivity contribution is 5.95. The smallest absolute Gasteiger partial charge is 0.273 e. The molecule has 0 radical (unpaired) electrons. The molecular weight excluding hydrogens is 400 g/mol. The van der Waals surface area contributed by atoms with Gasteiger partial charge in [0.2, 0.25) is 0 Å². The van der Waals surface area contributed by atoms with Gasteiger partial charge in [0, 0.05) is 32.3 Å². The Labute approximate surface area is 172 Å². The number of alkyl halides is 2. The molecule has 3 heterocycles. The molecule has 30 heavy (non-hydrogen) atoms. The van der Waals surface area contributed by atoms with Gasteiger partial charge < -0.3 is 15.0 Å². The van der Waals surface area contributed by atoms with E-state index in [9.17, 15) is 18.4 Å². The number of hydrogen-bond donors (Lipinski definition) is 1. The van der Waals surface area contributed by atoms with E-state index < -0.39 is 36.7 Å². The lowest BCUT2D eigenvalue weighted by molar-refractivity contribution is 0.0117. The number of nitrogens with zero attached hydrogens (tertiary/aromatic N) is 6. The lowest BCUT2D eigenvalue weighted by Crippen LogP contribution is -2.39. The number of hydrogen-bond acceptors (Lipinski definition) is 6. The van der Waals surface area contributed by atoms with Gasteiger partial charge in [-0.3, -0.25) is 14.3 Å². The molecule has 1 aliphatic heterocycles. The van der Waals surface area contributed by atoms with Gasteiger partial charge in [-0.2, -0.15) is 5.10 Å². The van der Waals surface area contributed by atoms with Crippen molar-refractivity contribution in [3.05, 3.63) is 29.3 Å². The maximum absolute atomic E-state index is 14.2. The quantitative estimate of drug-likeness (QED) is 0.625. The van der Waals surface area contributed by atoms with Crippen molar-refractivity contribution in [2.45, 2.75) is 45.3 Å². The Kier molecular flexibility index (Phi) is 6.44. The molecular formula is C18H25F2N7O3. The average molecular weight is 425 g/mol. The van der Waals surface area contributed by atoms with E-state index in [1.807, 2.05) is 6.92 Å². The molecule has 1 unspecified atom stereocenters. The summed E-state index contributed by atoms with van der Waals surface area (Å²) in [5.41, 5.74) is 0.998. The van der Waals surface area contributed by atoms with Crippen LogP contribution in [0.1, 0.15) is 39.9 Å². The summed E-state index contributed by atoms with van der Waals surface area (Å²) in [7, 11) is 1.52. The van der Waals surface area contributed by atoms with Crippen LogP contribution in [0.25, 0.3) is 0 Å². The van der Waals surface area contributed by atoms with Crippen LogP contribution in [0.15, 0.2) is 12.4 Å². The number of nitrogens with one attached hydrogen (secondary N) is 1. The highest BCUT2D eigenvalue weighted by atomic mass is 19.3. The summed E-state index contributed by atoms with van der Waals surface area (Å²) in [6, 6.07) is -0.789. The number of rotatable bonds is 8. The Morgan fingerprint density at radius 3 is 2.83 bits per heavy atom. The molecule has 10 nitrogen and oxygen atoms in total. The fourth-order valence-electron chi connectivity index (χ4n) is 3.49. The van der Waals surface area contributed by atoms with E-state index in [4.69, 9.17) is 4.74 Å². The van der Waals surface area contributed by atoms with Gasteiger partial charge in [-0.05, 0) is 13.8 Å². The predicted octanol–water partition coefficient (Wildman–Crippen LogP) is 0.729. The van der Waals surface area contributed by atoms with Crippen LogP contribution in [0.3, 0.4) is 0 Å². The molecule has 12 heteroatoms. The van der Waals surface area contributed by atoms with Crippen LogP contribution in [0, 0.1) is 6.92 Å². The second kappa shape index (κ2) is 8.86. The third-order valence-electron chi connectivity index (χ3n) is 5.03. The van der Waals surface area contributed by atoms with Crippen molar-refractivity contribution in [2.75, 3.05) is 26.8 Å². The van der Waals surface area contributed by atoms with E-state index >= 15 is 0 Å². The average Bonchev–Trinajstić information content (AvgIpc) is 3.38. The standard InChI is InChI=1S/C18H25F2N7O3/c1-4-27-12(2)14(8-22-27)17(29)26-11-18(19,20)7-13(26)9-25-10-15(23-24-25)16(28)21-5-6-30-3/h8,10,13H,4-7,9,11H2,1-3H3,(H,21,28). The first-order chi connectivity index (χ1) is 14.3. The van der Waals surface area contributed by atoms with Gasteiger partial charge in [-0.1, -0.05) is 5.21 Å². The van der Waals surface area contributed by atoms with Gasteiger partial charge in [0.05, 0.1) is 43.7 Å². The van der Waals surface area contributed by atoms with E-state index in [1.54, 1.807) is 11.6 Å². The molecule has 0 aromatic carbocycles. The second-order valence-corrected chi connectivity index (χ2v) is 7.18. The normalized spacial score (nSPS) is 18.0. The Morgan fingerprint density at radius 2 is 2.17 bits per heavy atom. The summed E-state index contributed by atoms with van der Waals surface area (Å²) in [4.78, 5) is 26.1. The zero-order chi connectivity index (χ0) is 21.9. The number of carbonyl (C=O) groups excluding carboxylic acids is 2. The van der Waals surface area contributed by atoms with Crippen molar-refractivity contribution in [2.24, 2.45) is 0 Å². The maximum Gasteiger partial charge on any atom is 0.273 e. The molecule has 1 aliphatic rings. The SMILES string of the molecule is CCn1ncc(C(=O)N2CC(F)(F)CC2Cn2cc(C(=O)NCCOC)nn2)c1C. The number of aromatic nitrogens is 5. The third kappa shape index (κ3) is 4.64. The van der Waals surface area contributed by atoms with Gasteiger partial charge in [-0.15, -0.1) is 5.10 Å². The minimum absolute atomic E-state index is 0.000639. The highest BCUT2D eigenvalue weighted by Crippen LogP contribution is 2.34. The van der Waals surface area contributed by atoms with Gasteiger partial charge in [0.1, 0.15) is 0 Å². The number of likely N-dealkylation sites (tertiary alicyclic amines) is 1. The van der Waals surface area contributed by atoms with Gasteiger partial charge in [-0.25, -0.2) is 13.5 Å². The predicted molar refractivity (Wildman–Crippen MR) is 101 cm³/mol. The maximum atomic E-state index is 14.2. The van der Waals surface area contributed by atoms with Crippen molar-refractivity contribution in [1.29, 1.82) is 0 Å². The Hall–Kier alpha value is -2.89. The van der Waals surface area contributed by atoms with Crippen molar-refractivity contribution in [3.8, 4) is 0 Å². The molecule has 0 spiro atoms. The van der Waals surface area contributed by atoms with Crippen LogP contribution < -0.4 is 5.32 Å². The number of ether oxygens (including phenoxy) is 1. The zero-order valence-electron chi connectivity index (χ0n) is 17.1. The molecule has 2 aromatic heterocycles. The monoisotopic (exact) mass is 425 g/mol. The van der Waals surface area contributed by atoms with Gasteiger partial charge in [0.25, 0.3) is 17.7 Å². The first-order valence-corrected chi connectivity index (χ1v) is 9.64. The zero-order valence-corrected chi connectivity index (χ0v) is 17.1. The van der Waals surface area contributed by atoms with Crippen molar-refractivity contribution >= 4 is 11.8 Å². The molecule has 1 N–H and O–H groups in total. The van der Waals surface area contributed by atoms with Crippen LogP contribution >= 0.6 is 0 Å². The van der Waals surface area contributed by atoms with Crippen molar-refractivity contribution in [3.63, 3.8) is 0 Å². The van der Waals surface area contributed by atoms with Crippen LogP contribution in [0.5, 0.6) is 0 Å². The van der Waals surface area contributed by atoms with Crippen LogP contribution in [-0.4, -0.2) is 80.3 Å². The first-order valence-electron chi connectivity index (χ1n) is 9.64. The van der Waals surface area contributed by atoms with E-state index in [-0.39, 0.29) is 12.2 Å². The minimum Gasteiger partial charge on any atom is -0.383 e. The number of methoxy groups -OCH3 is 1. The largest absolute Gasteiger partial charge is 0.383 e. The molecule has 1 atom stereocenters. The van der Waals surface area contributed by atoms with E-state index in [0.717, 1.165) is 4.90 Å². The number of halogens is 2. The first kappa shape index (κ1) is 21.8. The number of aryl methyl sites for hydroxylation is 1. The number of carbonyl (C=O) groups is 2. The summed E-state index contributed by atoms with van der Waals surface area (Å²) in [5.74, 6) is -3.94. The second-order valence-electron chi connectivity index (χ2n) is 7.18. The molecule has 2 aromatic rings. The summed E-state index contributed by atoms with van der Waals surface area (Å²) >= 11 is 0. The van der Waals surface area contributed by atoms with Crippen LogP contribution in [0.2, 0.25) is 0 Å². The lowest BCUT2D eigenvalue weighted by Gasteiger charge is -2.23. The Morgan fingerprint density at radius 1 is 1.40 bits per heavy atom. The molecule has 3 rings (SSSR count). The molecule has 1 fully saturated rings. The van der Waals surface area contributed by atoms with Crippen molar-refractivity contribution < 1.29 is 23.1 Å². The van der Waals surface area contributed by atoms with E-state index in [1.165, 1.54) is 24.2 Å². The van der Waals surface area contributed by atoms with Crippen molar-refractivity contribution in [1.82, 2.24) is 35.0 Å². The molecule has 1 saturated heterocycles. The Bertz CT molecular complexity index is 911. The fourth-order valence-corrected chi connectivity index (χ4v) is 3.49. The third-order valence-corrected chi connectivity index (χ3v) is 5.03. The molecule has 2 amide bonds. The van der Waals surface area contributed by atoms with Crippen LogP contribution in [-0.2, 0) is 17.8 Å². The van der Waals surface area contributed by atoms with Gasteiger partial charge >= 0.3 is 0 Å². The summed E-state index contributed by atoms with van der Waals surface area (Å²) < 4.78 is 36.1. The fraction of sp³-hybridized carbons (Fsp3) is 0.611. The summed E-state index contributed by atoms with van der Waals surface area (Å²) in [6.07, 6.45) is 2.29. The topological polar surface area (TPSA) is 107 Å². The minimum atomic E-state index is -3.00. The van der Waals surface area contributed by atoms with Gasteiger partial charge in [0.15, 0.2) is 5.69 Å². The molecule has 164 valence electrons. The number of amides is 2. The highest BCUT2D eigenvalue weighted by Gasteiger charge is 2.47. The summed E-state index contributed by atoms with van der Waals surface area (Å²) in [6.45, 7) is 4.18. The summed E-state index contributed by atoms with van der Waals surface area (Å²) in [5, 5.41) is 14.4.